The first-order valence-corrected chi connectivity index (χ1v) is 8.99. The molecule has 0 aliphatic carbocycles. The van der Waals surface area contributed by atoms with Crippen molar-refractivity contribution in [2.75, 3.05) is 13.7 Å². The Bertz CT molecular complexity index is 565. The zero-order valence-corrected chi connectivity index (χ0v) is 18.0. The smallest absolute Gasteiger partial charge is 0.426 e. The van der Waals surface area contributed by atoms with Crippen molar-refractivity contribution in [3.8, 4) is 0 Å². The molecule has 1 atom stereocenters. The van der Waals surface area contributed by atoms with E-state index in [1.165, 1.54) is 7.11 Å². The van der Waals surface area contributed by atoms with Crippen LogP contribution in [0, 0.1) is 0 Å². The maximum absolute atomic E-state index is 12.4. The Morgan fingerprint density at radius 2 is 1.39 bits per heavy atom. The van der Waals surface area contributed by atoms with Crippen LogP contribution < -0.4 is 10.7 Å². The van der Waals surface area contributed by atoms with Crippen LogP contribution in [0.3, 0.4) is 0 Å². The quantitative estimate of drug-likeness (QED) is 0.395. The highest BCUT2D eigenvalue weighted by atomic mass is 16.6. The normalized spacial score (nSPS) is 12.4. The fourth-order valence-corrected chi connectivity index (χ4v) is 1.90. The number of carbonyl (C=O) groups is 4. The molecular weight excluding hydrogens is 370 g/mol. The molecule has 0 saturated carbocycles. The Labute approximate surface area is 166 Å². The number of nitrogens with one attached hydrogen (secondary N) is 2. The molecule has 10 nitrogen and oxygen atoms in total. The van der Waals surface area contributed by atoms with Gasteiger partial charge in [0.15, 0.2) is 0 Å². The number of rotatable bonds is 6. The number of esters is 1. The molecular formula is C18H33N3O7. The van der Waals surface area contributed by atoms with E-state index in [2.05, 4.69) is 15.5 Å². The monoisotopic (exact) mass is 403 g/mol. The summed E-state index contributed by atoms with van der Waals surface area (Å²) in [5.41, 5.74) is 0.915. The first-order valence-electron chi connectivity index (χ1n) is 8.99. The second-order valence-electron chi connectivity index (χ2n) is 8.24. The molecule has 0 heterocycles. The molecule has 0 aromatic carbocycles. The minimum Gasteiger partial charge on any atom is -0.469 e. The van der Waals surface area contributed by atoms with Gasteiger partial charge in [0.1, 0.15) is 11.2 Å². The highest BCUT2D eigenvalue weighted by Gasteiger charge is 2.25. The number of hydrazine groups is 1. The van der Waals surface area contributed by atoms with Gasteiger partial charge in [-0.05, 0) is 48.5 Å². The number of carbonyl (C=O) groups excluding carboxylic acids is 4. The molecule has 3 amide bonds. The summed E-state index contributed by atoms with van der Waals surface area (Å²) in [5.74, 6) is -1.08. The average molecular weight is 403 g/mol. The van der Waals surface area contributed by atoms with E-state index < -0.39 is 41.3 Å². The van der Waals surface area contributed by atoms with Crippen molar-refractivity contribution < 1.29 is 33.4 Å². The van der Waals surface area contributed by atoms with E-state index in [0.717, 1.165) is 5.01 Å². The molecule has 0 spiro atoms. The van der Waals surface area contributed by atoms with Crippen LogP contribution in [0.4, 0.5) is 9.59 Å². The van der Waals surface area contributed by atoms with Crippen molar-refractivity contribution in [2.24, 2.45) is 0 Å². The maximum atomic E-state index is 12.4. The van der Waals surface area contributed by atoms with Crippen molar-refractivity contribution in [1.29, 1.82) is 0 Å². The molecule has 0 radical (unpaired) electrons. The van der Waals surface area contributed by atoms with Crippen molar-refractivity contribution in [2.45, 2.75) is 78.6 Å². The molecule has 1 unspecified atom stereocenters. The lowest BCUT2D eigenvalue weighted by molar-refractivity contribution is -0.144. The maximum Gasteiger partial charge on any atom is 0.426 e. The first kappa shape index (κ1) is 25.5. The van der Waals surface area contributed by atoms with Gasteiger partial charge in [0.05, 0.1) is 20.1 Å². The summed E-state index contributed by atoms with van der Waals surface area (Å²) >= 11 is 0. The van der Waals surface area contributed by atoms with E-state index in [1.54, 1.807) is 48.5 Å². The SMILES string of the molecule is COC(=O)CCC(=O)N(CC(C)NC(=O)OC(C)(C)C)NC(=O)OC(C)(C)C. The van der Waals surface area contributed by atoms with Crippen LogP contribution >= 0.6 is 0 Å². The van der Waals surface area contributed by atoms with Crippen molar-refractivity contribution >= 4 is 24.1 Å². The highest BCUT2D eigenvalue weighted by Crippen LogP contribution is 2.09. The van der Waals surface area contributed by atoms with Crippen LogP contribution in [0.1, 0.15) is 61.3 Å². The summed E-state index contributed by atoms with van der Waals surface area (Å²) < 4.78 is 14.8. The van der Waals surface area contributed by atoms with E-state index in [0.29, 0.717) is 0 Å². The molecule has 0 saturated heterocycles. The number of nitrogens with zero attached hydrogens (tertiary/aromatic N) is 1. The molecule has 0 aromatic rings. The summed E-state index contributed by atoms with van der Waals surface area (Å²) in [5, 5.41) is 3.58. The fourth-order valence-electron chi connectivity index (χ4n) is 1.90. The van der Waals surface area contributed by atoms with Crippen LogP contribution in [0.5, 0.6) is 0 Å². The van der Waals surface area contributed by atoms with Crippen molar-refractivity contribution in [3.63, 3.8) is 0 Å². The summed E-state index contributed by atoms with van der Waals surface area (Å²) in [7, 11) is 1.22. The second-order valence-corrected chi connectivity index (χ2v) is 8.24. The van der Waals surface area contributed by atoms with Gasteiger partial charge in [-0.25, -0.2) is 20.0 Å². The Morgan fingerprint density at radius 3 is 1.86 bits per heavy atom. The van der Waals surface area contributed by atoms with Gasteiger partial charge < -0.3 is 19.5 Å². The standard InChI is InChI=1S/C18H33N3O7/c1-12(19-15(24)27-17(2,3)4)11-21(13(22)9-10-14(23)26-8)20-16(25)28-18(5,6)7/h12H,9-11H2,1-8H3,(H,19,24)(H,20,25). The van der Waals surface area contributed by atoms with E-state index in [1.807, 2.05) is 0 Å². The zero-order valence-electron chi connectivity index (χ0n) is 18.0. The van der Waals surface area contributed by atoms with Crippen LogP contribution in [-0.2, 0) is 23.8 Å². The van der Waals surface area contributed by atoms with Gasteiger partial charge in [-0.2, -0.15) is 0 Å². The summed E-state index contributed by atoms with van der Waals surface area (Å²) in [6.45, 7) is 11.8. The molecule has 2 N–H and O–H groups in total. The van der Waals surface area contributed by atoms with Gasteiger partial charge in [0, 0.05) is 12.5 Å². The van der Waals surface area contributed by atoms with E-state index in [-0.39, 0.29) is 19.4 Å². The summed E-state index contributed by atoms with van der Waals surface area (Å²) in [6.07, 6.45) is -1.81. The highest BCUT2D eigenvalue weighted by molar-refractivity contribution is 5.83. The Balaban J connectivity index is 5.00. The molecule has 28 heavy (non-hydrogen) atoms. The Hall–Kier alpha value is -2.52. The number of ether oxygens (including phenoxy) is 3. The average Bonchev–Trinajstić information content (AvgIpc) is 2.47. The topological polar surface area (TPSA) is 123 Å². The van der Waals surface area contributed by atoms with Crippen LogP contribution in [0.15, 0.2) is 0 Å². The fraction of sp³-hybridized carbons (Fsp3) is 0.778. The lowest BCUT2D eigenvalue weighted by Gasteiger charge is -2.29. The van der Waals surface area contributed by atoms with Gasteiger partial charge in [0.25, 0.3) is 0 Å². The van der Waals surface area contributed by atoms with E-state index in [9.17, 15) is 19.2 Å². The van der Waals surface area contributed by atoms with Gasteiger partial charge in [0.2, 0.25) is 5.91 Å². The van der Waals surface area contributed by atoms with Gasteiger partial charge in [-0.15, -0.1) is 0 Å². The molecule has 10 heteroatoms. The molecule has 0 aliphatic heterocycles. The second kappa shape index (κ2) is 10.7. The predicted molar refractivity (Wildman–Crippen MR) is 101 cm³/mol. The third kappa shape index (κ3) is 12.8. The summed E-state index contributed by atoms with van der Waals surface area (Å²) in [6, 6.07) is -0.549. The molecule has 162 valence electrons. The summed E-state index contributed by atoms with van der Waals surface area (Å²) in [4.78, 5) is 47.6. The zero-order chi connectivity index (χ0) is 22.1. The Kier molecular flexibility index (Phi) is 9.76. The third-order valence-corrected chi connectivity index (χ3v) is 2.92. The number of alkyl carbamates (subject to hydrolysis) is 1. The first-order chi connectivity index (χ1) is 12.6. The van der Waals surface area contributed by atoms with Gasteiger partial charge in [-0.1, -0.05) is 0 Å². The number of hydrogen-bond acceptors (Lipinski definition) is 7. The van der Waals surface area contributed by atoms with Gasteiger partial charge >= 0.3 is 18.2 Å². The van der Waals surface area contributed by atoms with Gasteiger partial charge in [-0.3, -0.25) is 9.59 Å². The molecule has 0 rings (SSSR count). The third-order valence-electron chi connectivity index (χ3n) is 2.92. The largest absolute Gasteiger partial charge is 0.469 e. The number of amides is 3. The number of hydrogen-bond donors (Lipinski definition) is 2. The van der Waals surface area contributed by atoms with Crippen LogP contribution in [-0.4, -0.2) is 60.0 Å². The van der Waals surface area contributed by atoms with Crippen LogP contribution in [0.2, 0.25) is 0 Å². The number of methoxy groups -OCH3 is 1. The minimum absolute atomic E-state index is 0.0571. The predicted octanol–water partition coefficient (Wildman–Crippen LogP) is 2.12. The van der Waals surface area contributed by atoms with Crippen molar-refractivity contribution in [3.05, 3.63) is 0 Å². The lowest BCUT2D eigenvalue weighted by atomic mass is 10.2. The Morgan fingerprint density at radius 1 is 0.893 bits per heavy atom. The van der Waals surface area contributed by atoms with Crippen molar-refractivity contribution in [1.82, 2.24) is 15.8 Å². The minimum atomic E-state index is -0.830. The molecule has 0 fully saturated rings. The van der Waals surface area contributed by atoms with E-state index in [4.69, 9.17) is 9.47 Å². The van der Waals surface area contributed by atoms with E-state index >= 15 is 0 Å². The molecule has 0 aliphatic rings. The van der Waals surface area contributed by atoms with Crippen LogP contribution in [0.25, 0.3) is 0 Å². The lowest BCUT2D eigenvalue weighted by Crippen LogP contribution is -2.53. The molecule has 0 bridgehead atoms. The molecule has 0 aromatic heterocycles.